The van der Waals surface area contributed by atoms with Crippen molar-refractivity contribution in [1.82, 2.24) is 4.90 Å². The monoisotopic (exact) mass is 303 g/mol. The number of nitrogens with zero attached hydrogens (tertiary/aromatic N) is 1. The number of unbranched alkanes of at least 4 members (excludes halogenated alkanes) is 1. The van der Waals surface area contributed by atoms with Crippen molar-refractivity contribution in [1.29, 1.82) is 0 Å². The van der Waals surface area contributed by atoms with Gasteiger partial charge in [0.1, 0.15) is 11.5 Å². The number of piperidine rings is 1. The first kappa shape index (κ1) is 16.9. The smallest absolute Gasteiger partial charge is 0.123 e. The molecule has 1 aromatic rings. The van der Waals surface area contributed by atoms with E-state index in [4.69, 9.17) is 9.47 Å². The molecule has 0 unspecified atom stereocenters. The summed E-state index contributed by atoms with van der Waals surface area (Å²) in [6.07, 6.45) is 9.17. The second-order valence-electron chi connectivity index (χ2n) is 5.92. The van der Waals surface area contributed by atoms with Crippen LogP contribution in [0.25, 0.3) is 0 Å². The highest BCUT2D eigenvalue weighted by atomic mass is 16.5. The van der Waals surface area contributed by atoms with Crippen molar-refractivity contribution in [3.8, 4) is 11.5 Å². The van der Waals surface area contributed by atoms with E-state index in [2.05, 4.69) is 11.5 Å². The van der Waals surface area contributed by atoms with E-state index in [1.54, 1.807) is 7.11 Å². The summed E-state index contributed by atoms with van der Waals surface area (Å²) in [5.74, 6) is 1.83. The summed E-state index contributed by atoms with van der Waals surface area (Å²) in [6.45, 7) is 8.37. The zero-order chi connectivity index (χ0) is 15.6. The van der Waals surface area contributed by atoms with Gasteiger partial charge in [-0.3, -0.25) is 0 Å². The van der Waals surface area contributed by atoms with Crippen LogP contribution in [0.15, 0.2) is 30.9 Å². The molecule has 0 N–H and O–H groups in total. The molecule has 0 spiro atoms. The van der Waals surface area contributed by atoms with Crippen LogP contribution in [-0.2, 0) is 6.42 Å². The lowest BCUT2D eigenvalue weighted by atomic mass is 10.1. The molecule has 0 radical (unpaired) electrons. The van der Waals surface area contributed by atoms with Gasteiger partial charge in [0.15, 0.2) is 0 Å². The SMILES string of the molecule is C=CCc1cc(OC)ccc1OCCCCN1CCCCC1. The molecular weight excluding hydrogens is 274 g/mol. The highest BCUT2D eigenvalue weighted by Gasteiger charge is 2.09. The molecule has 0 atom stereocenters. The van der Waals surface area contributed by atoms with Gasteiger partial charge in [-0.15, -0.1) is 6.58 Å². The summed E-state index contributed by atoms with van der Waals surface area (Å²) in [5.41, 5.74) is 1.14. The van der Waals surface area contributed by atoms with Gasteiger partial charge in [0.05, 0.1) is 13.7 Å². The zero-order valence-electron chi connectivity index (χ0n) is 13.9. The molecule has 2 rings (SSSR count). The summed E-state index contributed by atoms with van der Waals surface area (Å²) < 4.78 is 11.2. The minimum atomic E-state index is 0.782. The lowest BCUT2D eigenvalue weighted by Gasteiger charge is -2.26. The largest absolute Gasteiger partial charge is 0.497 e. The van der Waals surface area contributed by atoms with Crippen molar-refractivity contribution >= 4 is 0 Å². The Kier molecular flexibility index (Phi) is 7.31. The maximum atomic E-state index is 5.96. The quantitative estimate of drug-likeness (QED) is 0.507. The van der Waals surface area contributed by atoms with Crippen LogP contribution in [0.5, 0.6) is 11.5 Å². The van der Waals surface area contributed by atoms with Gasteiger partial charge >= 0.3 is 0 Å². The van der Waals surface area contributed by atoms with E-state index in [9.17, 15) is 0 Å². The van der Waals surface area contributed by atoms with Crippen molar-refractivity contribution in [2.45, 2.75) is 38.5 Å². The van der Waals surface area contributed by atoms with Gasteiger partial charge in [0, 0.05) is 5.56 Å². The Morgan fingerprint density at radius 2 is 2.00 bits per heavy atom. The third kappa shape index (κ3) is 5.38. The van der Waals surface area contributed by atoms with E-state index >= 15 is 0 Å². The van der Waals surface area contributed by atoms with Gasteiger partial charge in [-0.05, 0) is 69.9 Å². The molecule has 1 aliphatic heterocycles. The van der Waals surface area contributed by atoms with Crippen LogP contribution in [0.4, 0.5) is 0 Å². The molecule has 3 nitrogen and oxygen atoms in total. The van der Waals surface area contributed by atoms with Crippen molar-refractivity contribution in [2.24, 2.45) is 0 Å². The van der Waals surface area contributed by atoms with Crippen LogP contribution in [0.3, 0.4) is 0 Å². The minimum absolute atomic E-state index is 0.782. The lowest BCUT2D eigenvalue weighted by molar-refractivity contribution is 0.215. The van der Waals surface area contributed by atoms with Crippen LogP contribution in [0.2, 0.25) is 0 Å². The average molecular weight is 303 g/mol. The second-order valence-corrected chi connectivity index (χ2v) is 5.92. The molecule has 1 aliphatic rings. The number of benzene rings is 1. The first-order valence-electron chi connectivity index (χ1n) is 8.46. The molecule has 1 saturated heterocycles. The number of allylic oxidation sites excluding steroid dienone is 1. The van der Waals surface area contributed by atoms with Crippen LogP contribution in [0.1, 0.15) is 37.7 Å². The molecule has 1 fully saturated rings. The van der Waals surface area contributed by atoms with E-state index in [-0.39, 0.29) is 0 Å². The number of hydrogen-bond donors (Lipinski definition) is 0. The third-order valence-electron chi connectivity index (χ3n) is 4.21. The van der Waals surface area contributed by atoms with Gasteiger partial charge < -0.3 is 14.4 Å². The number of hydrogen-bond acceptors (Lipinski definition) is 3. The van der Waals surface area contributed by atoms with Crippen LogP contribution in [-0.4, -0.2) is 38.3 Å². The van der Waals surface area contributed by atoms with Gasteiger partial charge in [0.2, 0.25) is 0 Å². The lowest BCUT2D eigenvalue weighted by Crippen LogP contribution is -2.30. The molecule has 0 amide bonds. The van der Waals surface area contributed by atoms with Crippen molar-refractivity contribution in [3.05, 3.63) is 36.4 Å². The standard InChI is InChI=1S/C19H29NO2/c1-3-9-17-16-18(21-2)10-11-19(17)22-15-8-7-14-20-12-5-4-6-13-20/h3,10-11,16H,1,4-9,12-15H2,2H3. The number of likely N-dealkylation sites (tertiary alicyclic amines) is 1. The number of methoxy groups -OCH3 is 1. The normalized spacial score (nSPS) is 15.5. The maximum Gasteiger partial charge on any atom is 0.123 e. The summed E-state index contributed by atoms with van der Waals surface area (Å²) in [6, 6.07) is 5.99. The summed E-state index contributed by atoms with van der Waals surface area (Å²) in [7, 11) is 1.69. The molecule has 122 valence electrons. The Morgan fingerprint density at radius 1 is 1.18 bits per heavy atom. The van der Waals surface area contributed by atoms with E-state index in [1.807, 2.05) is 24.3 Å². The molecule has 0 aliphatic carbocycles. The molecule has 3 heteroatoms. The van der Waals surface area contributed by atoms with E-state index in [1.165, 1.54) is 45.3 Å². The third-order valence-corrected chi connectivity index (χ3v) is 4.21. The molecular formula is C19H29NO2. The fraction of sp³-hybridized carbons (Fsp3) is 0.579. The highest BCUT2D eigenvalue weighted by Crippen LogP contribution is 2.25. The van der Waals surface area contributed by atoms with Crippen LogP contribution < -0.4 is 9.47 Å². The van der Waals surface area contributed by atoms with Crippen LogP contribution >= 0.6 is 0 Å². The Hall–Kier alpha value is -1.48. The molecule has 1 aromatic carbocycles. The number of rotatable bonds is 9. The van der Waals surface area contributed by atoms with E-state index in [0.29, 0.717) is 0 Å². The molecule has 0 saturated carbocycles. The average Bonchev–Trinajstić information content (AvgIpc) is 2.57. The Balaban J connectivity index is 1.72. The van der Waals surface area contributed by atoms with Gasteiger partial charge in [-0.1, -0.05) is 12.5 Å². The Bertz CT molecular complexity index is 453. The molecule has 0 bridgehead atoms. The molecule has 0 aromatic heterocycles. The zero-order valence-corrected chi connectivity index (χ0v) is 13.9. The van der Waals surface area contributed by atoms with E-state index in [0.717, 1.165) is 36.5 Å². The first-order chi connectivity index (χ1) is 10.8. The van der Waals surface area contributed by atoms with Gasteiger partial charge in [-0.2, -0.15) is 0 Å². The molecule has 1 heterocycles. The summed E-state index contributed by atoms with van der Waals surface area (Å²) >= 11 is 0. The summed E-state index contributed by atoms with van der Waals surface area (Å²) in [5, 5.41) is 0. The predicted octanol–water partition coefficient (Wildman–Crippen LogP) is 4.07. The second kappa shape index (κ2) is 9.52. The molecule has 22 heavy (non-hydrogen) atoms. The van der Waals surface area contributed by atoms with Crippen molar-refractivity contribution < 1.29 is 9.47 Å². The topological polar surface area (TPSA) is 21.7 Å². The van der Waals surface area contributed by atoms with E-state index < -0.39 is 0 Å². The Labute approximate surface area is 134 Å². The minimum Gasteiger partial charge on any atom is -0.497 e. The van der Waals surface area contributed by atoms with Gasteiger partial charge in [-0.25, -0.2) is 0 Å². The van der Waals surface area contributed by atoms with Crippen molar-refractivity contribution in [3.63, 3.8) is 0 Å². The van der Waals surface area contributed by atoms with Gasteiger partial charge in [0.25, 0.3) is 0 Å². The summed E-state index contributed by atoms with van der Waals surface area (Å²) in [4.78, 5) is 2.58. The fourth-order valence-corrected chi connectivity index (χ4v) is 2.94. The predicted molar refractivity (Wildman–Crippen MR) is 91.9 cm³/mol. The number of ether oxygens (including phenoxy) is 2. The van der Waals surface area contributed by atoms with Crippen LogP contribution in [0, 0.1) is 0 Å². The highest BCUT2D eigenvalue weighted by molar-refractivity contribution is 5.41. The van der Waals surface area contributed by atoms with Crippen molar-refractivity contribution in [2.75, 3.05) is 33.4 Å². The maximum absolute atomic E-state index is 5.96. The Morgan fingerprint density at radius 3 is 2.73 bits per heavy atom. The fourth-order valence-electron chi connectivity index (χ4n) is 2.94. The first-order valence-corrected chi connectivity index (χ1v) is 8.46.